The lowest BCUT2D eigenvalue weighted by molar-refractivity contribution is -0.926. The van der Waals surface area contributed by atoms with Crippen LogP contribution in [0.4, 0.5) is 0 Å². The van der Waals surface area contributed by atoms with Gasteiger partial charge in [0.1, 0.15) is 6.54 Å². The van der Waals surface area contributed by atoms with E-state index in [1.165, 1.54) is 37.9 Å². The predicted molar refractivity (Wildman–Crippen MR) is 73.0 cm³/mol. The second-order valence-electron chi connectivity index (χ2n) is 5.47. The molecule has 1 saturated heterocycles. The first kappa shape index (κ1) is 13.2. The number of benzene rings is 1. The van der Waals surface area contributed by atoms with Crippen molar-refractivity contribution in [2.45, 2.75) is 25.8 Å². The molecule has 1 aromatic carbocycles. The van der Waals surface area contributed by atoms with E-state index in [4.69, 9.17) is 9.47 Å². The zero-order valence-corrected chi connectivity index (χ0v) is 11.7. The maximum absolute atomic E-state index is 5.37. The minimum absolute atomic E-state index is 0.808. The van der Waals surface area contributed by atoms with Gasteiger partial charge in [0.05, 0.1) is 34.4 Å². The number of hydrogen-bond donors (Lipinski definition) is 0. The number of piperidine rings is 1. The molecular weight excluding hydrogens is 226 g/mol. The summed E-state index contributed by atoms with van der Waals surface area (Å²) in [6, 6.07) is 6.26. The lowest BCUT2D eigenvalue weighted by Gasteiger charge is -2.38. The third kappa shape index (κ3) is 2.96. The van der Waals surface area contributed by atoms with E-state index in [2.05, 4.69) is 19.2 Å². The van der Waals surface area contributed by atoms with E-state index >= 15 is 0 Å². The highest BCUT2D eigenvalue weighted by atomic mass is 16.5. The van der Waals surface area contributed by atoms with E-state index in [1.54, 1.807) is 14.2 Å². The maximum atomic E-state index is 5.37. The minimum Gasteiger partial charge on any atom is -0.493 e. The molecule has 1 aliphatic heterocycles. The summed E-state index contributed by atoms with van der Waals surface area (Å²) in [5, 5.41) is 0. The largest absolute Gasteiger partial charge is 0.493 e. The van der Waals surface area contributed by atoms with E-state index in [9.17, 15) is 0 Å². The first-order valence-corrected chi connectivity index (χ1v) is 6.71. The van der Waals surface area contributed by atoms with Crippen LogP contribution in [0, 0.1) is 0 Å². The summed E-state index contributed by atoms with van der Waals surface area (Å²) in [6.07, 6.45) is 4.09. The van der Waals surface area contributed by atoms with Gasteiger partial charge in [-0.2, -0.15) is 0 Å². The van der Waals surface area contributed by atoms with Crippen LogP contribution in [0.1, 0.15) is 24.8 Å². The highest BCUT2D eigenvalue weighted by molar-refractivity contribution is 5.42. The van der Waals surface area contributed by atoms with Gasteiger partial charge >= 0.3 is 0 Å². The Morgan fingerprint density at radius 3 is 2.28 bits per heavy atom. The summed E-state index contributed by atoms with van der Waals surface area (Å²) >= 11 is 0. The molecule has 1 aliphatic rings. The number of ether oxygens (including phenoxy) is 2. The van der Waals surface area contributed by atoms with Crippen molar-refractivity contribution in [3.63, 3.8) is 0 Å². The lowest BCUT2D eigenvalue weighted by atomic mass is 10.1. The quantitative estimate of drug-likeness (QED) is 0.765. The first-order valence-electron chi connectivity index (χ1n) is 6.71. The van der Waals surface area contributed by atoms with Crippen LogP contribution in [0.25, 0.3) is 0 Å². The molecule has 3 heteroatoms. The van der Waals surface area contributed by atoms with Crippen LogP contribution in [0.3, 0.4) is 0 Å². The van der Waals surface area contributed by atoms with E-state index in [1.807, 2.05) is 6.07 Å². The van der Waals surface area contributed by atoms with Crippen molar-refractivity contribution < 1.29 is 14.0 Å². The van der Waals surface area contributed by atoms with Gasteiger partial charge in [-0.15, -0.1) is 0 Å². The van der Waals surface area contributed by atoms with Crippen LogP contribution in [0.15, 0.2) is 18.2 Å². The average molecular weight is 250 g/mol. The highest BCUT2D eigenvalue weighted by Crippen LogP contribution is 2.29. The fourth-order valence-corrected chi connectivity index (χ4v) is 2.85. The molecule has 0 atom stereocenters. The Balaban J connectivity index is 2.13. The average Bonchev–Trinajstić information content (AvgIpc) is 2.39. The van der Waals surface area contributed by atoms with Gasteiger partial charge in [-0.1, -0.05) is 0 Å². The van der Waals surface area contributed by atoms with Gasteiger partial charge < -0.3 is 14.0 Å². The SMILES string of the molecule is COc1ccc(C[N+]2(C)CCCCC2)cc1OC. The van der Waals surface area contributed by atoms with Gasteiger partial charge in [0.25, 0.3) is 0 Å². The molecule has 0 spiro atoms. The standard InChI is InChI=1S/C15H24NO2/c1-16(9-5-4-6-10-16)12-13-7-8-14(17-2)15(11-13)18-3/h7-8,11H,4-6,9-10,12H2,1-3H3/q+1. The first-order chi connectivity index (χ1) is 8.67. The Hall–Kier alpha value is -1.22. The molecule has 1 heterocycles. The Kier molecular flexibility index (Phi) is 4.12. The monoisotopic (exact) mass is 250 g/mol. The van der Waals surface area contributed by atoms with Gasteiger partial charge in [0.15, 0.2) is 11.5 Å². The lowest BCUT2D eigenvalue weighted by Crippen LogP contribution is -2.46. The van der Waals surface area contributed by atoms with Crippen molar-refractivity contribution in [1.29, 1.82) is 0 Å². The van der Waals surface area contributed by atoms with Crippen molar-refractivity contribution in [1.82, 2.24) is 0 Å². The molecule has 0 saturated carbocycles. The number of hydrogen-bond acceptors (Lipinski definition) is 2. The summed E-state index contributed by atoms with van der Waals surface area (Å²) in [5.74, 6) is 1.64. The number of rotatable bonds is 4. The number of nitrogens with zero attached hydrogens (tertiary/aromatic N) is 1. The molecule has 1 fully saturated rings. The molecule has 18 heavy (non-hydrogen) atoms. The second-order valence-corrected chi connectivity index (χ2v) is 5.47. The van der Waals surface area contributed by atoms with Gasteiger partial charge in [0.2, 0.25) is 0 Å². The summed E-state index contributed by atoms with van der Waals surface area (Å²) in [4.78, 5) is 0. The fraction of sp³-hybridized carbons (Fsp3) is 0.600. The summed E-state index contributed by atoms with van der Waals surface area (Å²) < 4.78 is 11.8. The van der Waals surface area contributed by atoms with Gasteiger partial charge in [0, 0.05) is 5.56 Å². The molecule has 2 rings (SSSR count). The maximum Gasteiger partial charge on any atom is 0.161 e. The Morgan fingerprint density at radius 1 is 1.00 bits per heavy atom. The number of likely N-dealkylation sites (tertiary alicyclic amines) is 1. The molecule has 0 aromatic heterocycles. The molecule has 0 unspecified atom stereocenters. The zero-order chi connectivity index (χ0) is 13.0. The summed E-state index contributed by atoms with van der Waals surface area (Å²) in [7, 11) is 5.73. The Labute approximate surface area is 110 Å². The molecule has 0 N–H and O–H groups in total. The normalized spacial score (nSPS) is 18.4. The molecular formula is C15H24NO2+. The number of methoxy groups -OCH3 is 2. The van der Waals surface area contributed by atoms with Crippen molar-refractivity contribution in [2.75, 3.05) is 34.4 Å². The summed E-state index contributed by atoms with van der Waals surface area (Å²) in [6.45, 7) is 3.66. The predicted octanol–water partition coefficient (Wildman–Crippen LogP) is 2.83. The van der Waals surface area contributed by atoms with Crippen LogP contribution in [-0.2, 0) is 6.54 Å². The third-order valence-corrected chi connectivity index (χ3v) is 3.91. The van der Waals surface area contributed by atoms with Gasteiger partial charge in [-0.25, -0.2) is 0 Å². The van der Waals surface area contributed by atoms with E-state index in [-0.39, 0.29) is 0 Å². The molecule has 1 aromatic rings. The second kappa shape index (κ2) is 5.61. The molecule has 3 nitrogen and oxygen atoms in total. The Bertz CT molecular complexity index is 397. The number of quaternary nitrogens is 1. The van der Waals surface area contributed by atoms with Gasteiger partial charge in [-0.05, 0) is 37.5 Å². The Morgan fingerprint density at radius 2 is 1.67 bits per heavy atom. The zero-order valence-electron chi connectivity index (χ0n) is 11.7. The van der Waals surface area contributed by atoms with Crippen molar-refractivity contribution in [3.05, 3.63) is 23.8 Å². The van der Waals surface area contributed by atoms with Crippen molar-refractivity contribution >= 4 is 0 Å². The third-order valence-electron chi connectivity index (χ3n) is 3.91. The molecule has 0 amide bonds. The van der Waals surface area contributed by atoms with Crippen LogP contribution in [-0.4, -0.2) is 38.8 Å². The van der Waals surface area contributed by atoms with E-state index < -0.39 is 0 Å². The van der Waals surface area contributed by atoms with E-state index in [0.717, 1.165) is 22.5 Å². The molecule has 0 radical (unpaired) electrons. The van der Waals surface area contributed by atoms with Crippen molar-refractivity contribution in [3.8, 4) is 11.5 Å². The fourth-order valence-electron chi connectivity index (χ4n) is 2.85. The van der Waals surface area contributed by atoms with Crippen molar-refractivity contribution in [2.24, 2.45) is 0 Å². The van der Waals surface area contributed by atoms with Gasteiger partial charge in [-0.3, -0.25) is 0 Å². The summed E-state index contributed by atoms with van der Waals surface area (Å²) in [5.41, 5.74) is 1.33. The van der Waals surface area contributed by atoms with Crippen LogP contribution < -0.4 is 9.47 Å². The van der Waals surface area contributed by atoms with E-state index in [0.29, 0.717) is 0 Å². The van der Waals surface area contributed by atoms with Crippen LogP contribution in [0.2, 0.25) is 0 Å². The molecule has 0 bridgehead atoms. The minimum atomic E-state index is 0.808. The smallest absolute Gasteiger partial charge is 0.161 e. The highest BCUT2D eigenvalue weighted by Gasteiger charge is 2.25. The molecule has 0 aliphatic carbocycles. The van der Waals surface area contributed by atoms with Crippen LogP contribution in [0.5, 0.6) is 11.5 Å². The van der Waals surface area contributed by atoms with Crippen LogP contribution >= 0.6 is 0 Å². The molecule has 100 valence electrons. The topological polar surface area (TPSA) is 18.5 Å².